The highest BCUT2D eigenvalue weighted by Gasteiger charge is 2.52. The second-order valence-corrected chi connectivity index (χ2v) is 9.35. The Morgan fingerprint density at radius 1 is 1.23 bits per heavy atom. The summed E-state index contributed by atoms with van der Waals surface area (Å²) >= 11 is 3.11. The van der Waals surface area contributed by atoms with E-state index in [9.17, 15) is 14.4 Å². The standard InChI is InChI=1S/C21H18N4O4S2/c1-21(17-7-2-8-29-17)19(27)24(20(28)22-21)12-18(26)25-14(16-6-4-10-31-16)11-13(23-25)15-5-3-9-30-15/h2-10,14H,11-12H2,1H3,(H,22,28). The van der Waals surface area contributed by atoms with Crippen LogP contribution >= 0.6 is 22.7 Å². The van der Waals surface area contributed by atoms with Crippen molar-refractivity contribution in [1.29, 1.82) is 0 Å². The van der Waals surface area contributed by atoms with Gasteiger partial charge in [-0.05, 0) is 41.9 Å². The molecule has 2 atom stereocenters. The van der Waals surface area contributed by atoms with Gasteiger partial charge in [0.15, 0.2) is 5.54 Å². The van der Waals surface area contributed by atoms with Gasteiger partial charge in [0, 0.05) is 11.3 Å². The lowest BCUT2D eigenvalue weighted by molar-refractivity contribution is -0.140. The molecule has 5 heterocycles. The maximum Gasteiger partial charge on any atom is 0.325 e. The first-order valence-electron chi connectivity index (χ1n) is 9.62. The minimum atomic E-state index is -1.34. The van der Waals surface area contributed by atoms with Crippen LogP contribution in [0.5, 0.6) is 0 Å². The van der Waals surface area contributed by atoms with E-state index in [4.69, 9.17) is 4.42 Å². The molecule has 5 rings (SSSR count). The third-order valence-electron chi connectivity index (χ3n) is 5.43. The van der Waals surface area contributed by atoms with Crippen molar-refractivity contribution in [3.05, 3.63) is 68.9 Å². The van der Waals surface area contributed by atoms with Crippen LogP contribution in [0.3, 0.4) is 0 Å². The number of urea groups is 1. The second kappa shape index (κ2) is 7.47. The van der Waals surface area contributed by atoms with Crippen LogP contribution < -0.4 is 5.32 Å². The molecule has 158 valence electrons. The lowest BCUT2D eigenvalue weighted by Gasteiger charge is -2.23. The van der Waals surface area contributed by atoms with Gasteiger partial charge in [0.2, 0.25) is 0 Å². The molecule has 2 aliphatic rings. The molecule has 4 amide bonds. The Morgan fingerprint density at radius 2 is 2.03 bits per heavy atom. The van der Waals surface area contributed by atoms with Gasteiger partial charge in [-0.2, -0.15) is 5.10 Å². The average molecular weight is 455 g/mol. The number of hydrogen-bond donors (Lipinski definition) is 1. The molecule has 0 radical (unpaired) electrons. The minimum absolute atomic E-state index is 0.262. The summed E-state index contributed by atoms with van der Waals surface area (Å²) in [4.78, 5) is 41.7. The number of furan rings is 1. The molecule has 1 saturated heterocycles. The highest BCUT2D eigenvalue weighted by atomic mass is 32.1. The Hall–Kier alpha value is -3.24. The van der Waals surface area contributed by atoms with E-state index in [0.717, 1.165) is 20.4 Å². The Balaban J connectivity index is 1.40. The number of nitrogens with zero attached hydrogens (tertiary/aromatic N) is 3. The van der Waals surface area contributed by atoms with Crippen LogP contribution in [0.2, 0.25) is 0 Å². The van der Waals surface area contributed by atoms with E-state index in [1.807, 2.05) is 35.0 Å². The van der Waals surface area contributed by atoms with E-state index in [1.54, 1.807) is 41.7 Å². The molecule has 1 N–H and O–H groups in total. The summed E-state index contributed by atoms with van der Waals surface area (Å²) in [5, 5.41) is 12.5. The van der Waals surface area contributed by atoms with E-state index in [-0.39, 0.29) is 6.04 Å². The van der Waals surface area contributed by atoms with Gasteiger partial charge in [0.25, 0.3) is 11.8 Å². The third kappa shape index (κ3) is 3.28. The molecule has 3 aromatic heterocycles. The predicted molar refractivity (Wildman–Crippen MR) is 116 cm³/mol. The summed E-state index contributed by atoms with van der Waals surface area (Å²) in [7, 11) is 0. The van der Waals surface area contributed by atoms with Gasteiger partial charge in [0.1, 0.15) is 12.3 Å². The number of thiophene rings is 2. The van der Waals surface area contributed by atoms with Crippen LogP contribution in [0.25, 0.3) is 0 Å². The molecule has 3 aromatic rings. The summed E-state index contributed by atoms with van der Waals surface area (Å²) in [6.45, 7) is 1.16. The van der Waals surface area contributed by atoms with Gasteiger partial charge < -0.3 is 9.73 Å². The van der Waals surface area contributed by atoms with Gasteiger partial charge >= 0.3 is 6.03 Å². The molecule has 0 bridgehead atoms. The number of rotatable bonds is 5. The van der Waals surface area contributed by atoms with E-state index < -0.39 is 29.9 Å². The van der Waals surface area contributed by atoms with Crippen molar-refractivity contribution in [2.75, 3.05) is 6.54 Å². The molecular formula is C21H18N4O4S2. The maximum absolute atomic E-state index is 13.2. The molecule has 10 heteroatoms. The van der Waals surface area contributed by atoms with E-state index in [2.05, 4.69) is 10.4 Å². The van der Waals surface area contributed by atoms with Crippen LogP contribution in [0.4, 0.5) is 4.79 Å². The van der Waals surface area contributed by atoms with Crippen LogP contribution in [-0.2, 0) is 15.1 Å². The molecule has 1 fully saturated rings. The van der Waals surface area contributed by atoms with Crippen LogP contribution in [0.15, 0.2) is 62.9 Å². The highest BCUT2D eigenvalue weighted by molar-refractivity contribution is 7.12. The van der Waals surface area contributed by atoms with Crippen molar-refractivity contribution >= 4 is 46.2 Å². The summed E-state index contributed by atoms with van der Waals surface area (Å²) in [5.74, 6) is -0.635. The van der Waals surface area contributed by atoms with Crippen molar-refractivity contribution in [3.63, 3.8) is 0 Å². The van der Waals surface area contributed by atoms with E-state index in [1.165, 1.54) is 11.3 Å². The zero-order chi connectivity index (χ0) is 21.6. The molecule has 2 aliphatic heterocycles. The number of carbonyl (C=O) groups excluding carboxylic acids is 3. The quantitative estimate of drug-likeness (QED) is 0.597. The van der Waals surface area contributed by atoms with Crippen LogP contribution in [0.1, 0.15) is 34.9 Å². The van der Waals surface area contributed by atoms with Gasteiger partial charge in [0.05, 0.1) is 22.9 Å². The summed E-state index contributed by atoms with van der Waals surface area (Å²) < 4.78 is 5.34. The zero-order valence-corrected chi connectivity index (χ0v) is 18.1. The fourth-order valence-corrected chi connectivity index (χ4v) is 5.35. The summed E-state index contributed by atoms with van der Waals surface area (Å²) in [5.41, 5.74) is -0.524. The molecule has 31 heavy (non-hydrogen) atoms. The van der Waals surface area contributed by atoms with Gasteiger partial charge in [-0.25, -0.2) is 9.80 Å². The Kier molecular flexibility index (Phi) is 4.75. The van der Waals surface area contributed by atoms with Gasteiger partial charge in [-0.1, -0.05) is 12.1 Å². The summed E-state index contributed by atoms with van der Waals surface area (Å²) in [6, 6.07) is 10.2. The van der Waals surface area contributed by atoms with E-state index >= 15 is 0 Å². The van der Waals surface area contributed by atoms with E-state index in [0.29, 0.717) is 12.2 Å². The largest absolute Gasteiger partial charge is 0.466 e. The van der Waals surface area contributed by atoms with Crippen LogP contribution in [0, 0.1) is 0 Å². The number of imide groups is 1. The Morgan fingerprint density at radius 3 is 2.71 bits per heavy atom. The first kappa shape index (κ1) is 19.7. The molecule has 2 unspecified atom stereocenters. The Bertz CT molecular complexity index is 1150. The number of hydrazone groups is 1. The fraction of sp³-hybridized carbons (Fsp3) is 0.238. The maximum atomic E-state index is 13.2. The normalized spacial score (nSPS) is 23.4. The molecule has 0 aromatic carbocycles. The second-order valence-electron chi connectivity index (χ2n) is 7.42. The smallest absolute Gasteiger partial charge is 0.325 e. The summed E-state index contributed by atoms with van der Waals surface area (Å²) in [6.07, 6.45) is 2.02. The number of amides is 4. The predicted octanol–water partition coefficient (Wildman–Crippen LogP) is 3.55. The number of hydrogen-bond acceptors (Lipinski definition) is 7. The molecule has 0 saturated carbocycles. The van der Waals surface area contributed by atoms with Crippen LogP contribution in [-0.4, -0.2) is 40.0 Å². The van der Waals surface area contributed by atoms with Gasteiger partial charge in [-0.3, -0.25) is 14.5 Å². The van der Waals surface area contributed by atoms with Crippen molar-refractivity contribution in [2.45, 2.75) is 24.9 Å². The zero-order valence-electron chi connectivity index (χ0n) is 16.5. The van der Waals surface area contributed by atoms with Crippen molar-refractivity contribution in [2.24, 2.45) is 5.10 Å². The minimum Gasteiger partial charge on any atom is -0.466 e. The van der Waals surface area contributed by atoms with Crippen molar-refractivity contribution in [1.82, 2.24) is 15.2 Å². The SMILES string of the molecule is CC1(c2ccco2)NC(=O)N(CC(=O)N2N=C(c3cccs3)CC2c2cccs2)C1=O. The monoisotopic (exact) mass is 454 g/mol. The first-order valence-corrected chi connectivity index (χ1v) is 11.4. The third-order valence-corrected chi connectivity index (χ3v) is 7.32. The highest BCUT2D eigenvalue weighted by Crippen LogP contribution is 2.36. The number of nitrogens with one attached hydrogen (secondary N) is 1. The molecule has 8 nitrogen and oxygen atoms in total. The number of carbonyl (C=O) groups is 3. The molecule has 0 spiro atoms. The average Bonchev–Trinajstić information content (AvgIpc) is 3.57. The fourth-order valence-electron chi connectivity index (χ4n) is 3.81. The Labute approximate surface area is 185 Å². The van der Waals surface area contributed by atoms with Gasteiger partial charge in [-0.15, -0.1) is 22.7 Å². The molecular weight excluding hydrogens is 436 g/mol. The van der Waals surface area contributed by atoms with Crippen molar-refractivity contribution in [3.8, 4) is 0 Å². The lowest BCUT2D eigenvalue weighted by Crippen LogP contribution is -2.43. The lowest BCUT2D eigenvalue weighted by atomic mass is 9.99. The topological polar surface area (TPSA) is 95.2 Å². The van der Waals surface area contributed by atoms with Crippen molar-refractivity contribution < 1.29 is 18.8 Å². The first-order chi connectivity index (χ1) is 15.0. The molecule has 0 aliphatic carbocycles.